The van der Waals surface area contributed by atoms with Crippen LogP contribution in [0, 0.1) is 5.82 Å². The molecule has 1 aliphatic heterocycles. The number of thiazole rings is 1. The number of benzene rings is 2. The molecule has 1 aromatic heterocycles. The Hall–Kier alpha value is -4.17. The number of anilines is 1. The number of hydrogen-bond donors (Lipinski definition) is 2. The highest BCUT2D eigenvalue weighted by Gasteiger charge is 2.34. The van der Waals surface area contributed by atoms with Gasteiger partial charge in [-0.05, 0) is 57.3 Å². The molecule has 0 bridgehead atoms. The smallest absolute Gasteiger partial charge is 0.338 e. The Morgan fingerprint density at radius 2 is 1.85 bits per heavy atom. The van der Waals surface area contributed by atoms with Crippen LogP contribution < -0.4 is 10.2 Å². The van der Waals surface area contributed by atoms with Gasteiger partial charge in [0.1, 0.15) is 11.9 Å². The Kier molecular flexibility index (Phi) is 12.4. The number of aliphatic imine (C=N–C) groups is 1. The Morgan fingerprint density at radius 3 is 2.44 bits per heavy atom. The van der Waals surface area contributed by atoms with Gasteiger partial charge in [-0.25, -0.2) is 14.2 Å². The molecular weight excluding hydrogens is 659 g/mol. The minimum absolute atomic E-state index is 0.142. The van der Waals surface area contributed by atoms with Crippen molar-refractivity contribution in [3.63, 3.8) is 0 Å². The monoisotopic (exact) mass is 698 g/mol. The maximum atomic E-state index is 14.0. The van der Waals surface area contributed by atoms with E-state index in [-0.39, 0.29) is 10.6 Å². The molecule has 0 saturated heterocycles. The van der Waals surface area contributed by atoms with Crippen molar-refractivity contribution < 1.29 is 28.6 Å². The van der Waals surface area contributed by atoms with Crippen LogP contribution in [0.4, 0.5) is 10.1 Å². The highest BCUT2D eigenvalue weighted by Crippen LogP contribution is 2.37. The standard InChI is InChI=1S/C34H40ClFN6O5S/c1-6-41(16-14-40(4)15-17-42(21-43)24-10-7-22(8-11-24)34(2,3)33(45)46)20-27-28(32(44)47-5)29(25-12-9-23(36)19-26(25)35)39-30(38-27)31-37-13-18-48-31/h7-13,18-19,21,29H,6,14-17,20H2,1-5H3,(H,38,39)(H,45,46)/t29-/m0/s1. The molecule has 0 radical (unpaired) electrons. The van der Waals surface area contributed by atoms with Crippen molar-refractivity contribution in [2.45, 2.75) is 32.2 Å². The predicted molar refractivity (Wildman–Crippen MR) is 185 cm³/mol. The lowest BCUT2D eigenvalue weighted by Crippen LogP contribution is -2.42. The fourth-order valence-electron chi connectivity index (χ4n) is 5.18. The molecule has 1 aliphatic rings. The molecule has 1 atom stereocenters. The van der Waals surface area contributed by atoms with Gasteiger partial charge in [-0.3, -0.25) is 19.5 Å². The number of ether oxygens (including phenoxy) is 1. The van der Waals surface area contributed by atoms with Crippen LogP contribution in [0.25, 0.3) is 0 Å². The zero-order valence-corrected chi connectivity index (χ0v) is 29.1. The molecule has 2 heterocycles. The maximum Gasteiger partial charge on any atom is 0.338 e. The van der Waals surface area contributed by atoms with Gasteiger partial charge < -0.3 is 25.0 Å². The third kappa shape index (κ3) is 8.64. The van der Waals surface area contributed by atoms with Gasteiger partial charge in [0.2, 0.25) is 6.41 Å². The Bertz CT molecular complexity index is 1660. The van der Waals surface area contributed by atoms with Crippen molar-refractivity contribution in [3.8, 4) is 0 Å². The second-order valence-corrected chi connectivity index (χ2v) is 13.1. The molecule has 0 aliphatic carbocycles. The minimum Gasteiger partial charge on any atom is -0.481 e. The van der Waals surface area contributed by atoms with E-state index in [0.29, 0.717) is 72.6 Å². The Morgan fingerprint density at radius 1 is 1.15 bits per heavy atom. The van der Waals surface area contributed by atoms with Crippen molar-refractivity contribution in [3.05, 3.63) is 92.3 Å². The number of amides is 1. The van der Waals surface area contributed by atoms with Crippen LogP contribution in [-0.4, -0.2) is 97.5 Å². The summed E-state index contributed by atoms with van der Waals surface area (Å²) in [5.74, 6) is -1.53. The largest absolute Gasteiger partial charge is 0.481 e. The van der Waals surface area contributed by atoms with Gasteiger partial charge in [0, 0.05) is 66.3 Å². The number of aliphatic carboxylic acids is 1. The van der Waals surface area contributed by atoms with Crippen molar-refractivity contribution in [2.24, 2.45) is 4.99 Å². The third-order valence-electron chi connectivity index (χ3n) is 8.36. The van der Waals surface area contributed by atoms with E-state index < -0.39 is 29.2 Å². The molecule has 14 heteroatoms. The van der Waals surface area contributed by atoms with Gasteiger partial charge in [0.05, 0.1) is 18.1 Å². The van der Waals surface area contributed by atoms with Crippen LogP contribution in [0.1, 0.15) is 42.9 Å². The van der Waals surface area contributed by atoms with E-state index in [1.54, 1.807) is 49.2 Å². The SMILES string of the molecule is CCN(CCN(C)CCN(C=O)c1ccc(C(C)(C)C(=O)O)cc1)CC1=C(C(=O)OC)[C@H](c2ccc(F)cc2Cl)N=C(c2nccs2)N1. The van der Waals surface area contributed by atoms with Gasteiger partial charge in [0.25, 0.3) is 0 Å². The van der Waals surface area contributed by atoms with E-state index in [1.165, 1.54) is 36.6 Å². The number of halogens is 2. The average Bonchev–Trinajstić information content (AvgIpc) is 3.62. The van der Waals surface area contributed by atoms with Crippen molar-refractivity contribution in [1.29, 1.82) is 0 Å². The first-order chi connectivity index (χ1) is 22.9. The highest BCUT2D eigenvalue weighted by molar-refractivity contribution is 7.11. The first-order valence-electron chi connectivity index (χ1n) is 15.4. The predicted octanol–water partition coefficient (Wildman–Crippen LogP) is 4.73. The number of likely N-dealkylation sites (N-methyl/N-ethyl adjacent to an activating group) is 2. The first-order valence-corrected chi connectivity index (χ1v) is 16.6. The van der Waals surface area contributed by atoms with Crippen molar-refractivity contribution in [1.82, 2.24) is 20.1 Å². The van der Waals surface area contributed by atoms with Crippen LogP contribution in [0.3, 0.4) is 0 Å². The summed E-state index contributed by atoms with van der Waals surface area (Å²) in [5, 5.41) is 15.4. The van der Waals surface area contributed by atoms with E-state index >= 15 is 0 Å². The van der Waals surface area contributed by atoms with Crippen LogP contribution in [-0.2, 0) is 24.5 Å². The second-order valence-electron chi connectivity index (χ2n) is 11.8. The number of aromatic nitrogens is 1. The normalized spacial score (nSPS) is 14.9. The number of carbonyl (C=O) groups excluding carboxylic acids is 2. The lowest BCUT2D eigenvalue weighted by molar-refractivity contribution is -0.142. The zero-order chi connectivity index (χ0) is 35.0. The molecular formula is C34H40ClFN6O5S. The third-order valence-corrected chi connectivity index (χ3v) is 9.46. The summed E-state index contributed by atoms with van der Waals surface area (Å²) in [6.45, 7) is 8.63. The number of carboxylic acid groups (broad SMARTS) is 1. The summed E-state index contributed by atoms with van der Waals surface area (Å²) in [7, 11) is 3.27. The molecule has 11 nitrogen and oxygen atoms in total. The van der Waals surface area contributed by atoms with Crippen LogP contribution >= 0.6 is 22.9 Å². The maximum absolute atomic E-state index is 14.0. The van der Waals surface area contributed by atoms with Gasteiger partial charge in [-0.15, -0.1) is 11.3 Å². The van der Waals surface area contributed by atoms with Gasteiger partial charge in [-0.1, -0.05) is 36.7 Å². The topological polar surface area (TPSA) is 128 Å². The number of methoxy groups -OCH3 is 1. The van der Waals surface area contributed by atoms with E-state index in [9.17, 15) is 23.9 Å². The van der Waals surface area contributed by atoms with E-state index in [0.717, 1.165) is 6.41 Å². The van der Waals surface area contributed by atoms with Crippen LogP contribution in [0.5, 0.6) is 0 Å². The molecule has 4 rings (SSSR count). The number of carbonyl (C=O) groups is 3. The average molecular weight is 699 g/mol. The van der Waals surface area contributed by atoms with Crippen LogP contribution in [0.2, 0.25) is 5.02 Å². The van der Waals surface area contributed by atoms with E-state index in [1.807, 2.05) is 19.4 Å². The zero-order valence-electron chi connectivity index (χ0n) is 27.6. The fraction of sp³-hybridized carbons (Fsp3) is 0.382. The second kappa shape index (κ2) is 16.3. The molecule has 0 saturated carbocycles. The molecule has 0 spiro atoms. The molecule has 0 fully saturated rings. The number of nitrogens with zero attached hydrogens (tertiary/aromatic N) is 5. The highest BCUT2D eigenvalue weighted by atomic mass is 35.5. The summed E-state index contributed by atoms with van der Waals surface area (Å²) in [5.41, 5.74) is 1.61. The minimum atomic E-state index is -1.04. The fourth-order valence-corrected chi connectivity index (χ4v) is 6.04. The lowest BCUT2D eigenvalue weighted by atomic mass is 9.85. The molecule has 48 heavy (non-hydrogen) atoms. The van der Waals surface area contributed by atoms with E-state index in [2.05, 4.69) is 20.1 Å². The molecule has 0 unspecified atom stereocenters. The summed E-state index contributed by atoms with van der Waals surface area (Å²) in [6, 6.07) is 10.1. The van der Waals surface area contributed by atoms with Crippen molar-refractivity contribution >= 4 is 52.8 Å². The molecule has 2 aromatic carbocycles. The van der Waals surface area contributed by atoms with Gasteiger partial charge in [0.15, 0.2) is 10.8 Å². The summed E-state index contributed by atoms with van der Waals surface area (Å²) in [4.78, 5) is 51.9. The summed E-state index contributed by atoms with van der Waals surface area (Å²) in [6.07, 6.45) is 2.43. The van der Waals surface area contributed by atoms with E-state index in [4.69, 9.17) is 21.3 Å². The molecule has 3 aromatic rings. The number of esters is 1. The number of carboxylic acids is 1. The Labute approximate surface area is 288 Å². The number of hydrogen-bond acceptors (Lipinski definition) is 10. The van der Waals surface area contributed by atoms with Crippen LogP contribution in [0.15, 0.2) is 70.3 Å². The summed E-state index contributed by atoms with van der Waals surface area (Å²) >= 11 is 7.86. The lowest BCUT2D eigenvalue weighted by Gasteiger charge is -2.31. The number of rotatable bonds is 16. The van der Waals surface area contributed by atoms with Gasteiger partial charge >= 0.3 is 11.9 Å². The Balaban J connectivity index is 1.47. The molecule has 1 amide bonds. The summed E-state index contributed by atoms with van der Waals surface area (Å²) < 4.78 is 19.2. The molecule has 2 N–H and O–H groups in total. The quantitative estimate of drug-likeness (QED) is 0.161. The molecule has 256 valence electrons. The first kappa shape index (κ1) is 36.7. The van der Waals surface area contributed by atoms with Crippen molar-refractivity contribution in [2.75, 3.05) is 58.3 Å². The van der Waals surface area contributed by atoms with Gasteiger partial charge in [-0.2, -0.15) is 0 Å². The number of amidine groups is 1. The number of nitrogens with one attached hydrogen (secondary N) is 1.